The summed E-state index contributed by atoms with van der Waals surface area (Å²) in [4.78, 5) is 8.46. The van der Waals surface area contributed by atoms with Crippen LogP contribution >= 0.6 is 0 Å². The van der Waals surface area contributed by atoms with Gasteiger partial charge in [-0.15, -0.1) is 0 Å². The van der Waals surface area contributed by atoms with Gasteiger partial charge in [0, 0.05) is 18.6 Å². The van der Waals surface area contributed by atoms with Crippen molar-refractivity contribution < 1.29 is 8.42 Å². The van der Waals surface area contributed by atoms with E-state index >= 15 is 0 Å². The molecule has 0 N–H and O–H groups in total. The first-order valence-corrected chi connectivity index (χ1v) is 6.54. The van der Waals surface area contributed by atoms with E-state index in [1.54, 1.807) is 18.3 Å². The normalized spacial score (nSPS) is 11.3. The van der Waals surface area contributed by atoms with E-state index in [0.717, 1.165) is 0 Å². The van der Waals surface area contributed by atoms with Crippen molar-refractivity contribution in [1.82, 2.24) is 9.97 Å². The number of hydrogen-bond acceptors (Lipinski definition) is 4. The molecule has 0 aliphatic carbocycles. The largest absolute Gasteiger partial charge is 0.255 e. The molecule has 0 aromatic carbocycles. The van der Waals surface area contributed by atoms with E-state index < -0.39 is 9.84 Å². The van der Waals surface area contributed by atoms with Crippen LogP contribution in [0.2, 0.25) is 0 Å². The maximum Gasteiger partial charge on any atom is 0.175 e. The first-order valence-electron chi connectivity index (χ1n) is 4.65. The van der Waals surface area contributed by atoms with Gasteiger partial charge in [0.2, 0.25) is 0 Å². The Morgan fingerprint density at radius 1 is 1.00 bits per heavy atom. The van der Waals surface area contributed by atoms with E-state index in [2.05, 4.69) is 9.97 Å². The molecule has 2 aromatic heterocycles. The average Bonchev–Trinajstić information content (AvgIpc) is 2.29. The fourth-order valence-corrected chi connectivity index (χ4v) is 1.93. The summed E-state index contributed by atoms with van der Waals surface area (Å²) >= 11 is 0. The standard InChI is InChI=1S/C11H10N2O2S/c1-16(14,15)9-5-7-13-11(8-9)10-4-2-3-6-12-10/h2-8H,1H3. The molecular weight excluding hydrogens is 224 g/mol. The maximum absolute atomic E-state index is 11.4. The molecule has 5 heteroatoms. The van der Waals surface area contributed by atoms with Crippen LogP contribution in [0.1, 0.15) is 0 Å². The summed E-state index contributed by atoms with van der Waals surface area (Å²) in [5.74, 6) is 0. The lowest BCUT2D eigenvalue weighted by Crippen LogP contribution is -1.98. The molecule has 2 heterocycles. The van der Waals surface area contributed by atoms with Crippen molar-refractivity contribution in [2.24, 2.45) is 0 Å². The maximum atomic E-state index is 11.4. The molecule has 0 bridgehead atoms. The van der Waals surface area contributed by atoms with E-state index in [4.69, 9.17) is 0 Å². The van der Waals surface area contributed by atoms with Crippen molar-refractivity contribution in [2.75, 3.05) is 6.26 Å². The number of pyridine rings is 2. The zero-order valence-electron chi connectivity index (χ0n) is 8.66. The quantitative estimate of drug-likeness (QED) is 0.791. The van der Waals surface area contributed by atoms with Crippen LogP contribution in [0, 0.1) is 0 Å². The molecule has 0 spiro atoms. The van der Waals surface area contributed by atoms with Crippen LogP contribution in [0.4, 0.5) is 0 Å². The fourth-order valence-electron chi connectivity index (χ4n) is 1.30. The molecule has 0 saturated heterocycles. The zero-order valence-corrected chi connectivity index (χ0v) is 9.48. The molecule has 0 saturated carbocycles. The van der Waals surface area contributed by atoms with Crippen molar-refractivity contribution in [3.05, 3.63) is 42.7 Å². The SMILES string of the molecule is CS(=O)(=O)c1ccnc(-c2ccccn2)c1. The van der Waals surface area contributed by atoms with Gasteiger partial charge >= 0.3 is 0 Å². The minimum absolute atomic E-state index is 0.253. The number of hydrogen-bond donors (Lipinski definition) is 0. The van der Waals surface area contributed by atoms with Crippen molar-refractivity contribution in [3.63, 3.8) is 0 Å². The lowest BCUT2D eigenvalue weighted by atomic mass is 10.2. The van der Waals surface area contributed by atoms with Gasteiger partial charge in [-0.1, -0.05) is 6.07 Å². The summed E-state index contributed by atoms with van der Waals surface area (Å²) in [7, 11) is -3.20. The van der Waals surface area contributed by atoms with Gasteiger partial charge in [0.1, 0.15) is 0 Å². The minimum Gasteiger partial charge on any atom is -0.255 e. The van der Waals surface area contributed by atoms with Gasteiger partial charge in [-0.2, -0.15) is 0 Å². The van der Waals surface area contributed by atoms with E-state index in [1.165, 1.54) is 24.6 Å². The second-order valence-corrected chi connectivity index (χ2v) is 5.38. The Morgan fingerprint density at radius 3 is 2.38 bits per heavy atom. The Labute approximate surface area is 93.9 Å². The Morgan fingerprint density at radius 2 is 1.75 bits per heavy atom. The van der Waals surface area contributed by atoms with Crippen LogP contribution in [0.15, 0.2) is 47.6 Å². The number of rotatable bonds is 2. The van der Waals surface area contributed by atoms with Crippen molar-refractivity contribution >= 4 is 9.84 Å². The van der Waals surface area contributed by atoms with Gasteiger partial charge in [0.05, 0.1) is 16.3 Å². The summed E-state index contributed by atoms with van der Waals surface area (Å²) in [6.07, 6.45) is 4.29. The summed E-state index contributed by atoms with van der Waals surface area (Å²) < 4.78 is 22.7. The molecule has 0 atom stereocenters. The third-order valence-corrected chi connectivity index (χ3v) is 3.20. The molecule has 0 unspecified atom stereocenters. The second kappa shape index (κ2) is 4.02. The predicted molar refractivity (Wildman–Crippen MR) is 60.6 cm³/mol. The second-order valence-electron chi connectivity index (χ2n) is 3.36. The molecule has 0 amide bonds. The monoisotopic (exact) mass is 234 g/mol. The molecule has 4 nitrogen and oxygen atoms in total. The number of sulfone groups is 1. The highest BCUT2D eigenvalue weighted by molar-refractivity contribution is 7.90. The van der Waals surface area contributed by atoms with Crippen LogP contribution in [0.5, 0.6) is 0 Å². The summed E-state index contributed by atoms with van der Waals surface area (Å²) in [6, 6.07) is 8.41. The summed E-state index contributed by atoms with van der Waals surface area (Å²) in [5.41, 5.74) is 1.22. The molecule has 2 aromatic rings. The minimum atomic E-state index is -3.20. The van der Waals surface area contributed by atoms with Crippen molar-refractivity contribution in [2.45, 2.75) is 4.90 Å². The number of nitrogens with zero attached hydrogens (tertiary/aromatic N) is 2. The number of aromatic nitrogens is 2. The fraction of sp³-hybridized carbons (Fsp3) is 0.0909. The molecule has 0 aliphatic heterocycles. The van der Waals surface area contributed by atoms with Crippen LogP contribution in [-0.2, 0) is 9.84 Å². The van der Waals surface area contributed by atoms with E-state index in [-0.39, 0.29) is 4.90 Å². The van der Waals surface area contributed by atoms with E-state index in [9.17, 15) is 8.42 Å². The highest BCUT2D eigenvalue weighted by Gasteiger charge is 2.09. The predicted octanol–water partition coefficient (Wildman–Crippen LogP) is 1.55. The van der Waals surface area contributed by atoms with Gasteiger partial charge in [-0.05, 0) is 24.3 Å². The van der Waals surface area contributed by atoms with Crippen LogP contribution in [0.25, 0.3) is 11.4 Å². The van der Waals surface area contributed by atoms with Crippen LogP contribution < -0.4 is 0 Å². The topological polar surface area (TPSA) is 59.9 Å². The smallest absolute Gasteiger partial charge is 0.175 e. The first-order chi connectivity index (χ1) is 7.57. The molecule has 82 valence electrons. The average molecular weight is 234 g/mol. The van der Waals surface area contributed by atoms with Gasteiger partial charge in [-0.3, -0.25) is 9.97 Å². The Kier molecular flexibility index (Phi) is 2.70. The highest BCUT2D eigenvalue weighted by atomic mass is 32.2. The van der Waals surface area contributed by atoms with E-state index in [0.29, 0.717) is 11.4 Å². The summed E-state index contributed by atoms with van der Waals surface area (Å²) in [5, 5.41) is 0. The van der Waals surface area contributed by atoms with Crippen molar-refractivity contribution in [1.29, 1.82) is 0 Å². The molecule has 0 radical (unpaired) electrons. The highest BCUT2D eigenvalue weighted by Crippen LogP contribution is 2.17. The van der Waals surface area contributed by atoms with Gasteiger partial charge < -0.3 is 0 Å². The third kappa shape index (κ3) is 2.25. The zero-order chi connectivity index (χ0) is 11.6. The van der Waals surface area contributed by atoms with Crippen LogP contribution in [-0.4, -0.2) is 24.6 Å². The molecule has 0 fully saturated rings. The Balaban J connectivity index is 2.53. The summed E-state index contributed by atoms with van der Waals surface area (Å²) in [6.45, 7) is 0. The lowest BCUT2D eigenvalue weighted by Gasteiger charge is -2.01. The van der Waals surface area contributed by atoms with Crippen molar-refractivity contribution in [3.8, 4) is 11.4 Å². The third-order valence-electron chi connectivity index (χ3n) is 2.09. The Bertz CT molecular complexity index is 594. The van der Waals surface area contributed by atoms with Gasteiger partial charge in [0.15, 0.2) is 9.84 Å². The van der Waals surface area contributed by atoms with E-state index in [1.807, 2.05) is 6.07 Å². The van der Waals surface area contributed by atoms with Gasteiger partial charge in [0.25, 0.3) is 0 Å². The molecule has 16 heavy (non-hydrogen) atoms. The molecular formula is C11H10N2O2S. The lowest BCUT2D eigenvalue weighted by molar-refractivity contribution is 0.602. The molecule has 2 rings (SSSR count). The Hall–Kier alpha value is -1.75. The molecule has 0 aliphatic rings. The first kappa shape index (κ1) is 10.8. The van der Waals surface area contributed by atoms with Crippen LogP contribution in [0.3, 0.4) is 0 Å². The van der Waals surface area contributed by atoms with Gasteiger partial charge in [-0.25, -0.2) is 8.42 Å².